The zero-order chi connectivity index (χ0) is 17.7. The van der Waals surface area contributed by atoms with Crippen LogP contribution in [0.1, 0.15) is 22.6 Å². The first kappa shape index (κ1) is 18.1. The number of carbonyl (C=O) groups excluding carboxylic acids is 1. The van der Waals surface area contributed by atoms with Crippen LogP contribution in [0.15, 0.2) is 39.9 Å². The summed E-state index contributed by atoms with van der Waals surface area (Å²) in [6.45, 7) is 3.84. The van der Waals surface area contributed by atoms with E-state index in [4.69, 9.17) is 9.26 Å². The molecule has 0 aliphatic carbocycles. The number of aromatic nitrogens is 1. The first-order valence-electron chi connectivity index (χ1n) is 7.54. The summed E-state index contributed by atoms with van der Waals surface area (Å²) in [5.74, 6) is 1.21. The van der Waals surface area contributed by atoms with Gasteiger partial charge in [-0.1, -0.05) is 23.4 Å². The third-order valence-electron chi connectivity index (χ3n) is 3.52. The van der Waals surface area contributed by atoms with Crippen molar-refractivity contribution in [2.75, 3.05) is 21.2 Å². The Kier molecular flexibility index (Phi) is 6.09. The van der Waals surface area contributed by atoms with Gasteiger partial charge in [-0.05, 0) is 19.9 Å². The Morgan fingerprint density at radius 3 is 2.62 bits per heavy atom. The molecule has 0 saturated heterocycles. The molecule has 6 heteroatoms. The first-order valence-corrected chi connectivity index (χ1v) is 8.53. The van der Waals surface area contributed by atoms with Crippen LogP contribution in [0.5, 0.6) is 0 Å². The van der Waals surface area contributed by atoms with Gasteiger partial charge >= 0.3 is 5.97 Å². The van der Waals surface area contributed by atoms with Crippen molar-refractivity contribution >= 4 is 23.3 Å². The van der Waals surface area contributed by atoms with E-state index in [0.717, 1.165) is 33.2 Å². The Labute approximate surface area is 146 Å². The van der Waals surface area contributed by atoms with Crippen molar-refractivity contribution in [3.8, 4) is 0 Å². The van der Waals surface area contributed by atoms with Crippen LogP contribution in [-0.4, -0.2) is 37.2 Å². The minimum absolute atomic E-state index is 0.353. The maximum absolute atomic E-state index is 12.2. The number of carbonyl (C=O) groups is 1. The third-order valence-corrected chi connectivity index (χ3v) is 4.62. The zero-order valence-electron chi connectivity index (χ0n) is 14.6. The van der Waals surface area contributed by atoms with Crippen LogP contribution in [0, 0.1) is 13.8 Å². The smallest absolute Gasteiger partial charge is 0.339 e. The highest BCUT2D eigenvalue weighted by molar-refractivity contribution is 7.98. The van der Waals surface area contributed by atoms with E-state index in [9.17, 15) is 4.79 Å². The molecule has 0 spiro atoms. The third kappa shape index (κ3) is 4.20. The molecule has 0 fully saturated rings. The number of nitrogens with zero attached hydrogens (tertiary/aromatic N) is 2. The van der Waals surface area contributed by atoms with Gasteiger partial charge in [0.25, 0.3) is 0 Å². The van der Waals surface area contributed by atoms with Gasteiger partial charge in [0.2, 0.25) is 0 Å². The molecular weight excluding hydrogens is 324 g/mol. The number of esters is 1. The standard InChI is InChI=1S/C18H22N2O3S/c1-12-16(13(2)23-19-12)11-24-17-9-7-6-8-14(17)15(10-20(3)4)18(21)22-5/h6-10H,11H2,1-5H3/b15-10+. The molecule has 0 N–H and O–H groups in total. The highest BCUT2D eigenvalue weighted by atomic mass is 32.2. The second-order valence-corrected chi connectivity index (χ2v) is 6.60. The predicted molar refractivity (Wildman–Crippen MR) is 95.7 cm³/mol. The molecule has 0 saturated carbocycles. The molecule has 0 radical (unpaired) electrons. The van der Waals surface area contributed by atoms with Crippen molar-refractivity contribution in [1.82, 2.24) is 10.1 Å². The van der Waals surface area contributed by atoms with Crippen LogP contribution in [0.2, 0.25) is 0 Å². The van der Waals surface area contributed by atoms with Crippen LogP contribution >= 0.6 is 11.8 Å². The minimum Gasteiger partial charge on any atom is -0.465 e. The van der Waals surface area contributed by atoms with Crippen molar-refractivity contribution in [3.63, 3.8) is 0 Å². The van der Waals surface area contributed by atoms with E-state index >= 15 is 0 Å². The molecule has 2 aromatic rings. The summed E-state index contributed by atoms with van der Waals surface area (Å²) in [6.07, 6.45) is 1.78. The minimum atomic E-state index is -0.353. The number of aryl methyl sites for hydroxylation is 2. The second-order valence-electron chi connectivity index (χ2n) is 5.59. The number of thioether (sulfide) groups is 1. The van der Waals surface area contributed by atoms with Crippen LogP contribution in [0.4, 0.5) is 0 Å². The fourth-order valence-corrected chi connectivity index (χ4v) is 3.49. The van der Waals surface area contributed by atoms with E-state index in [2.05, 4.69) is 5.16 Å². The van der Waals surface area contributed by atoms with E-state index < -0.39 is 0 Å². The quantitative estimate of drug-likeness (QED) is 0.452. The molecule has 24 heavy (non-hydrogen) atoms. The molecular formula is C18H22N2O3S. The van der Waals surface area contributed by atoms with Gasteiger partial charge in [0.1, 0.15) is 5.76 Å². The van der Waals surface area contributed by atoms with Gasteiger partial charge in [-0.3, -0.25) is 0 Å². The lowest BCUT2D eigenvalue weighted by Gasteiger charge is -2.14. The first-order chi connectivity index (χ1) is 11.4. The fourth-order valence-electron chi connectivity index (χ4n) is 2.27. The van der Waals surface area contributed by atoms with Gasteiger partial charge in [-0.25, -0.2) is 4.79 Å². The molecule has 1 heterocycles. The van der Waals surface area contributed by atoms with Gasteiger partial charge in [0.15, 0.2) is 0 Å². The van der Waals surface area contributed by atoms with Crippen LogP contribution in [0.25, 0.3) is 5.57 Å². The van der Waals surface area contributed by atoms with Gasteiger partial charge in [-0.15, -0.1) is 11.8 Å². The highest BCUT2D eigenvalue weighted by Gasteiger charge is 2.18. The van der Waals surface area contributed by atoms with E-state index in [1.807, 2.05) is 57.1 Å². The van der Waals surface area contributed by atoms with E-state index in [0.29, 0.717) is 5.57 Å². The number of hydrogen-bond acceptors (Lipinski definition) is 6. The van der Waals surface area contributed by atoms with Gasteiger partial charge in [0, 0.05) is 42.1 Å². The normalized spacial score (nSPS) is 11.5. The molecule has 0 bridgehead atoms. The molecule has 1 aromatic carbocycles. The van der Waals surface area contributed by atoms with Gasteiger partial charge in [0.05, 0.1) is 18.4 Å². The molecule has 0 aliphatic heterocycles. The summed E-state index contributed by atoms with van der Waals surface area (Å²) < 4.78 is 10.2. The van der Waals surface area contributed by atoms with Crippen molar-refractivity contribution in [2.24, 2.45) is 0 Å². The molecule has 0 aliphatic rings. The Morgan fingerprint density at radius 1 is 1.33 bits per heavy atom. The summed E-state index contributed by atoms with van der Waals surface area (Å²) in [6, 6.07) is 7.82. The molecule has 0 amide bonds. The van der Waals surface area contributed by atoms with Crippen LogP contribution in [0.3, 0.4) is 0 Å². The average Bonchev–Trinajstić information content (AvgIpc) is 2.88. The molecule has 0 atom stereocenters. The molecule has 0 unspecified atom stereocenters. The average molecular weight is 346 g/mol. The number of hydrogen-bond donors (Lipinski definition) is 0. The number of rotatable bonds is 6. The summed E-state index contributed by atoms with van der Waals surface area (Å²) in [7, 11) is 5.15. The Morgan fingerprint density at radius 2 is 2.04 bits per heavy atom. The Bertz CT molecular complexity index is 731. The molecule has 1 aromatic heterocycles. The largest absolute Gasteiger partial charge is 0.465 e. The monoisotopic (exact) mass is 346 g/mol. The van der Waals surface area contributed by atoms with E-state index in [1.54, 1.807) is 18.0 Å². The highest BCUT2D eigenvalue weighted by Crippen LogP contribution is 2.32. The van der Waals surface area contributed by atoms with Crippen LogP contribution in [-0.2, 0) is 15.3 Å². The van der Waals surface area contributed by atoms with Crippen molar-refractivity contribution < 1.29 is 14.1 Å². The van der Waals surface area contributed by atoms with Gasteiger partial charge in [-0.2, -0.15) is 0 Å². The maximum Gasteiger partial charge on any atom is 0.339 e. The van der Waals surface area contributed by atoms with Gasteiger partial charge < -0.3 is 14.2 Å². The number of methoxy groups -OCH3 is 1. The lowest BCUT2D eigenvalue weighted by molar-refractivity contribution is -0.133. The van der Waals surface area contributed by atoms with Crippen LogP contribution < -0.4 is 0 Å². The Hall–Kier alpha value is -2.21. The second kappa shape index (κ2) is 8.06. The SMILES string of the molecule is COC(=O)/C(=C/N(C)C)c1ccccc1SCc1c(C)noc1C. The van der Waals surface area contributed by atoms with Crippen molar-refractivity contribution in [2.45, 2.75) is 24.5 Å². The summed E-state index contributed by atoms with van der Waals surface area (Å²) >= 11 is 1.65. The van der Waals surface area contributed by atoms with E-state index in [-0.39, 0.29) is 5.97 Å². The van der Waals surface area contributed by atoms with Crippen molar-refractivity contribution in [3.05, 3.63) is 53.0 Å². The molecule has 128 valence electrons. The fraction of sp³-hybridized carbons (Fsp3) is 0.333. The Balaban J connectivity index is 2.34. The lowest BCUT2D eigenvalue weighted by Crippen LogP contribution is -2.10. The maximum atomic E-state index is 12.2. The number of benzene rings is 1. The zero-order valence-corrected chi connectivity index (χ0v) is 15.4. The number of ether oxygens (including phenoxy) is 1. The van der Waals surface area contributed by atoms with E-state index in [1.165, 1.54) is 7.11 Å². The predicted octanol–water partition coefficient (Wildman–Crippen LogP) is 3.66. The lowest BCUT2D eigenvalue weighted by atomic mass is 10.1. The topological polar surface area (TPSA) is 55.6 Å². The van der Waals surface area contributed by atoms with Crippen molar-refractivity contribution in [1.29, 1.82) is 0 Å². The molecule has 5 nitrogen and oxygen atoms in total. The molecule has 2 rings (SSSR count). The summed E-state index contributed by atoms with van der Waals surface area (Å²) in [5, 5.41) is 3.99. The summed E-state index contributed by atoms with van der Waals surface area (Å²) in [5.41, 5.74) is 3.37. The summed E-state index contributed by atoms with van der Waals surface area (Å²) in [4.78, 5) is 15.0.